The Morgan fingerprint density at radius 1 is 1.15 bits per heavy atom. The van der Waals surface area contributed by atoms with Crippen molar-refractivity contribution < 1.29 is 23.1 Å². The Hall–Kier alpha value is -2.09. The number of nitrogens with one attached hydrogen (secondary N) is 1. The average molecular weight is 398 g/mol. The number of sulfonamides is 1. The zero-order valence-electron chi connectivity index (χ0n) is 14.2. The lowest BCUT2D eigenvalue weighted by molar-refractivity contribution is -0.137. The molecule has 0 spiro atoms. The summed E-state index contributed by atoms with van der Waals surface area (Å²) >= 11 is 5.78. The fourth-order valence-corrected chi connectivity index (χ4v) is 3.64. The van der Waals surface area contributed by atoms with Gasteiger partial charge in [-0.15, -0.1) is 0 Å². The van der Waals surface area contributed by atoms with Crippen molar-refractivity contribution >= 4 is 27.6 Å². The molecule has 0 fully saturated rings. The molecule has 2 aromatic rings. The van der Waals surface area contributed by atoms with Crippen LogP contribution in [-0.4, -0.2) is 26.1 Å². The maximum absolute atomic E-state index is 12.5. The summed E-state index contributed by atoms with van der Waals surface area (Å²) in [5.74, 6) is -0.467. The average Bonchev–Trinajstić information content (AvgIpc) is 2.59. The van der Waals surface area contributed by atoms with Gasteiger partial charge in [0.05, 0.1) is 24.0 Å². The number of benzene rings is 2. The number of rotatable bonds is 9. The summed E-state index contributed by atoms with van der Waals surface area (Å²) in [6.07, 6.45) is 0.478. The minimum Gasteiger partial charge on any atom is -0.494 e. The Morgan fingerprint density at radius 2 is 1.77 bits per heavy atom. The van der Waals surface area contributed by atoms with Gasteiger partial charge in [-0.2, -0.15) is 0 Å². The van der Waals surface area contributed by atoms with Crippen LogP contribution < -0.4 is 9.46 Å². The Morgan fingerprint density at radius 3 is 2.31 bits per heavy atom. The topological polar surface area (TPSA) is 92.7 Å². The van der Waals surface area contributed by atoms with Crippen LogP contribution in [0.15, 0.2) is 53.4 Å². The summed E-state index contributed by atoms with van der Waals surface area (Å²) in [5.41, 5.74) is 0.536. The molecule has 140 valence electrons. The van der Waals surface area contributed by atoms with E-state index < -0.39 is 22.0 Å². The van der Waals surface area contributed by atoms with Crippen LogP contribution >= 0.6 is 11.6 Å². The maximum atomic E-state index is 12.5. The highest BCUT2D eigenvalue weighted by Gasteiger charge is 2.23. The van der Waals surface area contributed by atoms with Gasteiger partial charge in [0.15, 0.2) is 0 Å². The predicted octanol–water partition coefficient (Wildman–Crippen LogP) is 3.62. The number of halogens is 1. The number of carboxylic acid groups (broad SMARTS) is 1. The molecule has 2 rings (SSSR count). The molecule has 26 heavy (non-hydrogen) atoms. The van der Waals surface area contributed by atoms with E-state index in [0.29, 0.717) is 22.9 Å². The number of hydrogen-bond acceptors (Lipinski definition) is 4. The summed E-state index contributed by atoms with van der Waals surface area (Å²) in [6.45, 7) is 2.56. The van der Waals surface area contributed by atoms with Crippen LogP contribution in [0.2, 0.25) is 5.02 Å². The molecule has 2 N–H and O–H groups in total. The molecule has 0 amide bonds. The fraction of sp³-hybridized carbons (Fsp3) is 0.278. The van der Waals surface area contributed by atoms with Gasteiger partial charge in [0.25, 0.3) is 0 Å². The van der Waals surface area contributed by atoms with Crippen molar-refractivity contribution in [2.24, 2.45) is 0 Å². The van der Waals surface area contributed by atoms with Gasteiger partial charge in [-0.3, -0.25) is 4.79 Å². The molecule has 0 aliphatic heterocycles. The third-order valence-corrected chi connectivity index (χ3v) is 5.29. The van der Waals surface area contributed by atoms with Crippen LogP contribution in [0.3, 0.4) is 0 Å². The Kier molecular flexibility index (Phi) is 7.02. The van der Waals surface area contributed by atoms with Gasteiger partial charge in [0.1, 0.15) is 5.75 Å². The van der Waals surface area contributed by atoms with Crippen LogP contribution in [0.1, 0.15) is 31.4 Å². The van der Waals surface area contributed by atoms with Crippen LogP contribution in [0.4, 0.5) is 0 Å². The quantitative estimate of drug-likeness (QED) is 0.674. The second-order valence-corrected chi connectivity index (χ2v) is 7.79. The lowest BCUT2D eigenvalue weighted by atomic mass is 10.0. The molecule has 0 radical (unpaired) electrons. The zero-order chi connectivity index (χ0) is 19.2. The highest BCUT2D eigenvalue weighted by Crippen LogP contribution is 2.23. The van der Waals surface area contributed by atoms with Gasteiger partial charge in [0.2, 0.25) is 10.0 Å². The van der Waals surface area contributed by atoms with Crippen LogP contribution in [0.5, 0.6) is 5.75 Å². The van der Waals surface area contributed by atoms with Crippen molar-refractivity contribution in [2.75, 3.05) is 6.61 Å². The molecule has 1 unspecified atom stereocenters. The largest absolute Gasteiger partial charge is 0.494 e. The highest BCUT2D eigenvalue weighted by atomic mass is 35.5. The van der Waals surface area contributed by atoms with Crippen LogP contribution in [0, 0.1) is 0 Å². The Bertz CT molecular complexity index is 835. The van der Waals surface area contributed by atoms with Crippen LogP contribution in [-0.2, 0) is 14.8 Å². The smallest absolute Gasteiger partial charge is 0.305 e. The van der Waals surface area contributed by atoms with E-state index in [-0.39, 0.29) is 11.3 Å². The molecule has 1 atom stereocenters. The molecule has 8 heteroatoms. The standard InChI is InChI=1S/C18H20ClNO5S/c1-2-11-25-15-7-3-13(4-8-15)17(12-18(21)22)20-26(23,24)16-9-5-14(19)6-10-16/h3-10,17,20H,2,11-12H2,1H3,(H,21,22). The molecule has 0 aliphatic rings. The first-order valence-electron chi connectivity index (χ1n) is 8.04. The number of ether oxygens (including phenoxy) is 1. The summed E-state index contributed by atoms with van der Waals surface area (Å²) < 4.78 is 33.0. The third-order valence-electron chi connectivity index (χ3n) is 3.56. The predicted molar refractivity (Wildman–Crippen MR) is 99.0 cm³/mol. The highest BCUT2D eigenvalue weighted by molar-refractivity contribution is 7.89. The molecule has 0 saturated heterocycles. The monoisotopic (exact) mass is 397 g/mol. The maximum Gasteiger partial charge on any atom is 0.305 e. The molecule has 2 aromatic carbocycles. The van der Waals surface area contributed by atoms with Crippen molar-refractivity contribution in [1.82, 2.24) is 4.72 Å². The minimum absolute atomic E-state index is 0.0141. The molecule has 0 heterocycles. The van der Waals surface area contributed by atoms with E-state index in [9.17, 15) is 13.2 Å². The van der Waals surface area contributed by atoms with Gasteiger partial charge in [-0.1, -0.05) is 30.7 Å². The first-order chi connectivity index (χ1) is 12.3. The normalized spacial score (nSPS) is 12.5. The van der Waals surface area contributed by atoms with E-state index in [1.807, 2.05) is 6.92 Å². The van der Waals surface area contributed by atoms with Gasteiger partial charge in [-0.05, 0) is 48.4 Å². The van der Waals surface area contributed by atoms with E-state index in [1.165, 1.54) is 24.3 Å². The lowest BCUT2D eigenvalue weighted by Crippen LogP contribution is -2.30. The molecule has 0 aromatic heterocycles. The van der Waals surface area contributed by atoms with E-state index in [1.54, 1.807) is 24.3 Å². The van der Waals surface area contributed by atoms with E-state index in [2.05, 4.69) is 4.72 Å². The van der Waals surface area contributed by atoms with Crippen molar-refractivity contribution in [3.63, 3.8) is 0 Å². The van der Waals surface area contributed by atoms with Crippen molar-refractivity contribution in [3.8, 4) is 5.75 Å². The summed E-state index contributed by atoms with van der Waals surface area (Å²) in [4.78, 5) is 11.2. The number of aliphatic carboxylic acids is 1. The van der Waals surface area contributed by atoms with Gasteiger partial charge in [-0.25, -0.2) is 13.1 Å². The van der Waals surface area contributed by atoms with Gasteiger partial charge >= 0.3 is 5.97 Å². The molecular formula is C18H20ClNO5S. The third kappa shape index (κ3) is 5.72. The van der Waals surface area contributed by atoms with E-state index in [0.717, 1.165) is 6.42 Å². The number of carbonyl (C=O) groups is 1. The van der Waals surface area contributed by atoms with Crippen molar-refractivity contribution in [2.45, 2.75) is 30.7 Å². The lowest BCUT2D eigenvalue weighted by Gasteiger charge is -2.18. The second kappa shape index (κ2) is 9.02. The van der Waals surface area contributed by atoms with Crippen molar-refractivity contribution in [3.05, 3.63) is 59.1 Å². The zero-order valence-corrected chi connectivity index (χ0v) is 15.8. The van der Waals surface area contributed by atoms with Crippen molar-refractivity contribution in [1.29, 1.82) is 0 Å². The summed E-state index contributed by atoms with van der Waals surface area (Å²) in [6, 6.07) is 11.4. The molecule has 6 nitrogen and oxygen atoms in total. The number of carboxylic acids is 1. The minimum atomic E-state index is -3.90. The van der Waals surface area contributed by atoms with E-state index in [4.69, 9.17) is 21.4 Å². The summed E-state index contributed by atoms with van der Waals surface area (Å²) in [7, 11) is -3.90. The van der Waals surface area contributed by atoms with Gasteiger partial charge < -0.3 is 9.84 Å². The molecular weight excluding hydrogens is 378 g/mol. The Balaban J connectivity index is 2.24. The molecule has 0 bridgehead atoms. The van der Waals surface area contributed by atoms with Crippen LogP contribution in [0.25, 0.3) is 0 Å². The molecule has 0 aliphatic carbocycles. The summed E-state index contributed by atoms with van der Waals surface area (Å²) in [5, 5.41) is 9.55. The number of hydrogen-bond donors (Lipinski definition) is 2. The SMILES string of the molecule is CCCOc1ccc(C(CC(=O)O)NS(=O)(=O)c2ccc(Cl)cc2)cc1. The van der Waals surface area contributed by atoms with Gasteiger partial charge in [0, 0.05) is 5.02 Å². The molecule has 0 saturated carbocycles. The van der Waals surface area contributed by atoms with E-state index >= 15 is 0 Å². The first kappa shape index (κ1) is 20.2. The second-order valence-electron chi connectivity index (χ2n) is 5.64. The Labute approximate surface area is 157 Å². The first-order valence-corrected chi connectivity index (χ1v) is 9.90. The fourth-order valence-electron chi connectivity index (χ4n) is 2.29.